The number of halogens is 1. The van der Waals surface area contributed by atoms with Crippen molar-refractivity contribution in [2.24, 2.45) is 10.8 Å². The Balaban J connectivity index is 1.28. The van der Waals surface area contributed by atoms with E-state index in [1.165, 1.54) is 0 Å². The second-order valence-electron chi connectivity index (χ2n) is 9.87. The number of nitrogens with one attached hydrogen (secondary N) is 3. The van der Waals surface area contributed by atoms with Crippen molar-refractivity contribution in [1.82, 2.24) is 10.4 Å². The molecule has 8 heteroatoms. The third-order valence-electron chi connectivity index (χ3n) is 7.31. The first-order valence-corrected chi connectivity index (χ1v) is 15.6. The van der Waals surface area contributed by atoms with E-state index in [2.05, 4.69) is 45.1 Å². The summed E-state index contributed by atoms with van der Waals surface area (Å²) in [6, 6.07) is 25.4. The summed E-state index contributed by atoms with van der Waals surface area (Å²) in [6.07, 6.45) is 2.12. The molecular weight excluding hydrogens is 601 g/mol. The van der Waals surface area contributed by atoms with E-state index in [0.29, 0.717) is 21.6 Å². The first kappa shape index (κ1) is 24.1. The number of aromatic amines is 1. The SMILES string of the molecule is N[C@H](Cc1ccc2ccccc2c1)C(=O)Nc1cc2c3c(c(-c4ccccc4)[nH]c3c1C1C[I-]1)C=NNC2=O. The van der Waals surface area contributed by atoms with E-state index in [9.17, 15) is 9.59 Å². The van der Waals surface area contributed by atoms with Gasteiger partial charge in [-0.05, 0) is 0 Å². The first-order valence-electron chi connectivity index (χ1n) is 12.8. The van der Waals surface area contributed by atoms with Crippen molar-refractivity contribution in [3.8, 4) is 11.3 Å². The van der Waals surface area contributed by atoms with E-state index in [1.54, 1.807) is 12.3 Å². The molecule has 39 heavy (non-hydrogen) atoms. The standard InChI is InChI=1S/C31H25IN5O2/c33-24(13-17-10-11-18-6-4-5-9-20(18)12-17)31(39)35-25-14-21-26-22(16-34-37-30(21)38)28(19-7-2-1-3-8-19)36-29(26)27(25)23-15-32-23/h1-12,14,16,23-24,36H,13,15,33H2,(H,35,39)(H,37,38)/q-1/t23?,24-/m1/s1. The fourth-order valence-corrected chi connectivity index (χ4v) is 7.13. The number of nitrogens with zero attached hydrogens (tertiary/aromatic N) is 1. The number of anilines is 1. The molecule has 1 unspecified atom stereocenters. The number of alkyl halides is 2. The number of nitrogens with two attached hydrogens (primary N) is 1. The molecule has 5 aromatic rings. The number of hydrogen-bond donors (Lipinski definition) is 4. The van der Waals surface area contributed by atoms with Crippen LogP contribution < -0.4 is 37.7 Å². The Kier molecular flexibility index (Phi) is 5.93. The summed E-state index contributed by atoms with van der Waals surface area (Å²) < 4.78 is 1.54. The molecule has 2 aliphatic rings. The molecule has 194 valence electrons. The van der Waals surface area contributed by atoms with Gasteiger partial charge in [-0.3, -0.25) is 0 Å². The van der Waals surface area contributed by atoms with Gasteiger partial charge in [-0.25, -0.2) is 0 Å². The van der Waals surface area contributed by atoms with E-state index in [1.807, 2.05) is 48.5 Å². The number of fused-ring (bicyclic) bond motifs is 1. The van der Waals surface area contributed by atoms with Crippen LogP contribution in [0.4, 0.5) is 5.69 Å². The molecule has 2 amide bonds. The number of carbonyl (C=O) groups is 2. The fourth-order valence-electron chi connectivity index (χ4n) is 5.35. The molecule has 4 aromatic carbocycles. The summed E-state index contributed by atoms with van der Waals surface area (Å²) in [4.78, 5) is 30.1. The normalized spacial score (nSPS) is 16.8. The van der Waals surface area contributed by atoms with E-state index in [4.69, 9.17) is 5.73 Å². The summed E-state index contributed by atoms with van der Waals surface area (Å²) in [5.41, 5.74) is 15.9. The average molecular weight is 626 g/mol. The number of hydrazone groups is 1. The average Bonchev–Trinajstić information content (AvgIpc) is 3.75. The summed E-state index contributed by atoms with van der Waals surface area (Å²) in [5, 5.41) is 10.4. The Morgan fingerprint density at radius 2 is 1.82 bits per heavy atom. The molecule has 1 fully saturated rings. The van der Waals surface area contributed by atoms with Gasteiger partial charge in [-0.2, -0.15) is 0 Å². The van der Waals surface area contributed by atoms with Crippen LogP contribution in [0, 0.1) is 0 Å². The summed E-state index contributed by atoms with van der Waals surface area (Å²) >= 11 is -0.00295. The van der Waals surface area contributed by atoms with E-state index >= 15 is 0 Å². The van der Waals surface area contributed by atoms with Gasteiger partial charge in [0.2, 0.25) is 0 Å². The number of aromatic nitrogens is 1. The molecule has 5 N–H and O–H groups in total. The second-order valence-corrected chi connectivity index (χ2v) is 13.1. The van der Waals surface area contributed by atoms with Crippen LogP contribution >= 0.6 is 0 Å². The first-order chi connectivity index (χ1) is 19.1. The molecule has 0 spiro atoms. The number of H-pyrrole nitrogens is 1. The maximum absolute atomic E-state index is 13.4. The number of hydrogen-bond acceptors (Lipinski definition) is 4. The van der Waals surface area contributed by atoms with Gasteiger partial charge in [0.1, 0.15) is 0 Å². The van der Waals surface area contributed by atoms with E-state index < -0.39 is 6.04 Å². The third-order valence-corrected chi connectivity index (χ3v) is 9.69. The molecule has 7 nitrogen and oxygen atoms in total. The number of carbonyl (C=O) groups excluding carboxylic acids is 2. The van der Waals surface area contributed by atoms with Crippen LogP contribution in [-0.4, -0.2) is 33.5 Å². The molecule has 0 aliphatic carbocycles. The Morgan fingerprint density at radius 3 is 2.62 bits per heavy atom. The van der Waals surface area contributed by atoms with Crippen molar-refractivity contribution < 1.29 is 30.8 Å². The van der Waals surface area contributed by atoms with Gasteiger partial charge in [0.15, 0.2) is 0 Å². The number of rotatable bonds is 6. The van der Waals surface area contributed by atoms with Crippen molar-refractivity contribution >= 4 is 45.4 Å². The van der Waals surface area contributed by atoms with Gasteiger partial charge in [0.25, 0.3) is 0 Å². The van der Waals surface area contributed by atoms with Crippen LogP contribution in [0.25, 0.3) is 32.9 Å². The van der Waals surface area contributed by atoms with Gasteiger partial charge in [-0.1, -0.05) is 6.07 Å². The van der Waals surface area contributed by atoms with Gasteiger partial charge < -0.3 is 0 Å². The van der Waals surface area contributed by atoms with Crippen LogP contribution in [0.3, 0.4) is 0 Å². The summed E-state index contributed by atoms with van der Waals surface area (Å²) in [6.45, 7) is 0. The predicted molar refractivity (Wildman–Crippen MR) is 151 cm³/mol. The summed E-state index contributed by atoms with van der Waals surface area (Å²) in [7, 11) is 0. The van der Waals surface area contributed by atoms with E-state index in [-0.39, 0.29) is 33.0 Å². The molecule has 0 saturated carbocycles. The maximum atomic E-state index is 13.4. The Labute approximate surface area is 235 Å². The number of amides is 2. The molecule has 0 radical (unpaired) electrons. The Hall–Kier alpha value is -4.02. The zero-order valence-electron chi connectivity index (χ0n) is 20.9. The molecule has 3 heterocycles. The molecule has 2 aliphatic heterocycles. The predicted octanol–water partition coefficient (Wildman–Crippen LogP) is 1.72. The molecule has 1 saturated heterocycles. The monoisotopic (exact) mass is 626 g/mol. The van der Waals surface area contributed by atoms with Crippen molar-refractivity contribution in [2.45, 2.75) is 16.4 Å². The molecule has 2 atom stereocenters. The zero-order valence-corrected chi connectivity index (χ0v) is 23.0. The molecule has 0 bridgehead atoms. The van der Waals surface area contributed by atoms with Gasteiger partial charge >= 0.3 is 230 Å². The number of benzene rings is 4. The third kappa shape index (κ3) is 4.39. The van der Waals surface area contributed by atoms with Gasteiger partial charge in [-0.15, -0.1) is 0 Å². The van der Waals surface area contributed by atoms with Crippen LogP contribution in [0.2, 0.25) is 0 Å². The zero-order chi connectivity index (χ0) is 26.5. The Bertz CT molecular complexity index is 1810. The van der Waals surface area contributed by atoms with Crippen LogP contribution in [-0.2, 0) is 11.2 Å². The second kappa shape index (κ2) is 9.62. The Morgan fingerprint density at radius 1 is 1.05 bits per heavy atom. The van der Waals surface area contributed by atoms with Crippen molar-refractivity contribution in [3.05, 3.63) is 101 Å². The van der Waals surface area contributed by atoms with Gasteiger partial charge in [0, 0.05) is 0 Å². The van der Waals surface area contributed by atoms with Crippen molar-refractivity contribution in [2.75, 3.05) is 9.74 Å². The van der Waals surface area contributed by atoms with Crippen LogP contribution in [0.15, 0.2) is 84.0 Å². The molecular formula is C31H25IN5O2-. The summed E-state index contributed by atoms with van der Waals surface area (Å²) in [5.74, 6) is -0.572. The van der Waals surface area contributed by atoms with Crippen LogP contribution in [0.5, 0.6) is 0 Å². The minimum atomic E-state index is -0.737. The van der Waals surface area contributed by atoms with Crippen molar-refractivity contribution in [3.63, 3.8) is 0 Å². The molecule has 1 aromatic heterocycles. The van der Waals surface area contributed by atoms with Crippen LogP contribution in [0.1, 0.15) is 31.0 Å². The van der Waals surface area contributed by atoms with E-state index in [0.717, 1.165) is 54.1 Å². The molecule has 7 rings (SSSR count). The fraction of sp³-hybridized carbons (Fsp3) is 0.129. The van der Waals surface area contributed by atoms with Crippen molar-refractivity contribution in [1.29, 1.82) is 0 Å². The minimum absolute atomic E-state index is 0.00295. The topological polar surface area (TPSA) is 112 Å². The quantitative estimate of drug-likeness (QED) is 0.170. The van der Waals surface area contributed by atoms with Gasteiger partial charge in [0.05, 0.1) is 0 Å².